The molecule has 0 unspecified atom stereocenters. The molecule has 0 fully saturated rings. The van der Waals surface area contributed by atoms with E-state index < -0.39 is 5.54 Å². The summed E-state index contributed by atoms with van der Waals surface area (Å²) >= 11 is 0. The molecule has 1 aromatic carbocycles. The molecule has 5 heteroatoms. The molecule has 0 bridgehead atoms. The van der Waals surface area contributed by atoms with Gasteiger partial charge in [0.25, 0.3) is 0 Å². The smallest absolute Gasteiger partial charge is 0.243 e. The van der Waals surface area contributed by atoms with Gasteiger partial charge in [-0.15, -0.1) is 0 Å². The Morgan fingerprint density at radius 1 is 1.40 bits per heavy atom. The molecule has 1 aromatic rings. The van der Waals surface area contributed by atoms with Crippen molar-refractivity contribution >= 4 is 11.6 Å². The summed E-state index contributed by atoms with van der Waals surface area (Å²) in [6.45, 7) is 6.88. The van der Waals surface area contributed by atoms with Gasteiger partial charge < -0.3 is 15.8 Å². The van der Waals surface area contributed by atoms with Gasteiger partial charge in [0.15, 0.2) is 0 Å². The lowest BCUT2D eigenvalue weighted by Crippen LogP contribution is -2.45. The van der Waals surface area contributed by atoms with Crippen molar-refractivity contribution in [2.45, 2.75) is 32.5 Å². The second-order valence-corrected chi connectivity index (χ2v) is 5.86. The minimum Gasteiger partial charge on any atom is -0.383 e. The van der Waals surface area contributed by atoms with Crippen molar-refractivity contribution in [1.82, 2.24) is 4.90 Å². The van der Waals surface area contributed by atoms with Crippen LogP contribution in [-0.2, 0) is 22.6 Å². The van der Waals surface area contributed by atoms with E-state index in [4.69, 9.17) is 10.5 Å². The molecule has 110 valence electrons. The number of nitrogens with two attached hydrogens (primary N) is 1. The molecular formula is C15H23N3O2. The van der Waals surface area contributed by atoms with Crippen molar-refractivity contribution in [2.24, 2.45) is 5.73 Å². The van der Waals surface area contributed by atoms with Gasteiger partial charge >= 0.3 is 0 Å². The zero-order valence-electron chi connectivity index (χ0n) is 12.4. The zero-order valence-corrected chi connectivity index (χ0v) is 12.4. The number of fused-ring (bicyclic) bond motifs is 1. The number of hydrogen-bond donors (Lipinski definition) is 2. The average molecular weight is 277 g/mol. The van der Waals surface area contributed by atoms with Crippen LogP contribution in [0, 0.1) is 0 Å². The second kappa shape index (κ2) is 5.91. The molecule has 0 aliphatic carbocycles. The van der Waals surface area contributed by atoms with Gasteiger partial charge in [-0.05, 0) is 37.1 Å². The molecule has 0 saturated heterocycles. The monoisotopic (exact) mass is 277 g/mol. The molecule has 0 radical (unpaired) electrons. The molecule has 3 N–H and O–H groups in total. The fourth-order valence-corrected chi connectivity index (χ4v) is 2.21. The lowest BCUT2D eigenvalue weighted by molar-refractivity contribution is -0.120. The Kier molecular flexibility index (Phi) is 4.42. The Hall–Kier alpha value is -1.43. The van der Waals surface area contributed by atoms with Crippen LogP contribution in [0.15, 0.2) is 18.2 Å². The number of nitrogens with one attached hydrogen (secondary N) is 1. The molecule has 2 rings (SSSR count). The first-order valence-corrected chi connectivity index (χ1v) is 6.83. The number of ether oxygens (including phenoxy) is 1. The van der Waals surface area contributed by atoms with Gasteiger partial charge in [0.05, 0.1) is 12.1 Å². The number of benzene rings is 1. The van der Waals surface area contributed by atoms with Crippen molar-refractivity contribution in [3.05, 3.63) is 29.3 Å². The summed E-state index contributed by atoms with van der Waals surface area (Å²) in [6, 6.07) is 6.04. The number of amides is 1. The minimum atomic E-state index is -0.872. The summed E-state index contributed by atoms with van der Waals surface area (Å²) in [5, 5.41) is 2.86. The summed E-state index contributed by atoms with van der Waals surface area (Å²) in [5.41, 5.74) is 8.29. The minimum absolute atomic E-state index is 0.174. The lowest BCUT2D eigenvalue weighted by Gasteiger charge is -2.18. The second-order valence-electron chi connectivity index (χ2n) is 5.86. The van der Waals surface area contributed by atoms with Crippen LogP contribution in [0.2, 0.25) is 0 Å². The fraction of sp³-hybridized carbons (Fsp3) is 0.533. The summed E-state index contributed by atoms with van der Waals surface area (Å²) in [7, 11) is 1.71. The topological polar surface area (TPSA) is 67.6 Å². The molecule has 20 heavy (non-hydrogen) atoms. The van der Waals surface area contributed by atoms with Crippen LogP contribution in [0.3, 0.4) is 0 Å². The highest BCUT2D eigenvalue weighted by molar-refractivity contribution is 5.97. The Balaban J connectivity index is 2.02. The Bertz CT molecular complexity index is 494. The zero-order chi connectivity index (χ0) is 14.8. The van der Waals surface area contributed by atoms with E-state index in [1.54, 1.807) is 21.0 Å². The molecule has 1 aliphatic heterocycles. The first-order chi connectivity index (χ1) is 9.40. The van der Waals surface area contributed by atoms with E-state index >= 15 is 0 Å². The highest BCUT2D eigenvalue weighted by atomic mass is 16.5. The number of carbonyl (C=O) groups is 1. The van der Waals surface area contributed by atoms with Crippen LogP contribution in [0.1, 0.15) is 25.0 Å². The first-order valence-electron chi connectivity index (χ1n) is 6.83. The Morgan fingerprint density at radius 2 is 2.10 bits per heavy atom. The summed E-state index contributed by atoms with van der Waals surface area (Å²) in [5.74, 6) is -0.174. The van der Waals surface area contributed by atoms with Gasteiger partial charge in [0.1, 0.15) is 0 Å². The molecular weight excluding hydrogens is 254 g/mol. The molecule has 1 aliphatic rings. The van der Waals surface area contributed by atoms with E-state index in [9.17, 15) is 4.79 Å². The molecule has 5 nitrogen and oxygen atoms in total. The maximum absolute atomic E-state index is 11.9. The number of rotatable bonds is 5. The first kappa shape index (κ1) is 15.0. The van der Waals surface area contributed by atoms with Crippen LogP contribution < -0.4 is 11.1 Å². The summed E-state index contributed by atoms with van der Waals surface area (Å²) < 4.78 is 5.10. The lowest BCUT2D eigenvalue weighted by atomic mass is 10.1. The number of nitrogens with zero attached hydrogens (tertiary/aromatic N) is 1. The van der Waals surface area contributed by atoms with Gasteiger partial charge in [-0.2, -0.15) is 0 Å². The molecule has 0 aromatic heterocycles. The van der Waals surface area contributed by atoms with E-state index in [-0.39, 0.29) is 5.91 Å². The fourth-order valence-electron chi connectivity index (χ4n) is 2.21. The predicted octanol–water partition coefficient (Wildman–Crippen LogP) is 1.32. The normalized spacial score (nSPS) is 15.2. The number of methoxy groups -OCH3 is 1. The predicted molar refractivity (Wildman–Crippen MR) is 79.3 cm³/mol. The summed E-state index contributed by atoms with van der Waals surface area (Å²) in [6.07, 6.45) is 0. The molecule has 0 saturated carbocycles. The maximum Gasteiger partial charge on any atom is 0.243 e. The molecule has 0 spiro atoms. The van der Waals surface area contributed by atoms with Gasteiger partial charge in [-0.3, -0.25) is 9.69 Å². The van der Waals surface area contributed by atoms with Crippen molar-refractivity contribution < 1.29 is 9.53 Å². The van der Waals surface area contributed by atoms with E-state index in [0.29, 0.717) is 0 Å². The Morgan fingerprint density at radius 3 is 2.75 bits per heavy atom. The average Bonchev–Trinajstić information content (AvgIpc) is 2.77. The highest BCUT2D eigenvalue weighted by Gasteiger charge is 2.23. The van der Waals surface area contributed by atoms with Crippen LogP contribution >= 0.6 is 0 Å². The molecule has 1 amide bonds. The standard InChI is InChI=1S/C15H23N3O2/c1-15(2,16)14(19)17-13-5-4-11-9-18(6-7-20-3)10-12(11)8-13/h4-5,8H,6-7,9-10,16H2,1-3H3,(H,17,19). The van der Waals surface area contributed by atoms with Crippen molar-refractivity contribution in [3.8, 4) is 0 Å². The van der Waals surface area contributed by atoms with Crippen LogP contribution in [-0.4, -0.2) is 36.6 Å². The highest BCUT2D eigenvalue weighted by Crippen LogP contribution is 2.25. The van der Waals surface area contributed by atoms with Gasteiger partial charge in [0, 0.05) is 32.4 Å². The van der Waals surface area contributed by atoms with Gasteiger partial charge in [-0.25, -0.2) is 0 Å². The molecule has 1 heterocycles. The maximum atomic E-state index is 11.9. The number of carbonyl (C=O) groups excluding carboxylic acids is 1. The SMILES string of the molecule is COCCN1Cc2ccc(NC(=O)C(C)(C)N)cc2C1. The quantitative estimate of drug-likeness (QED) is 0.852. The van der Waals surface area contributed by atoms with Crippen LogP contribution in [0.5, 0.6) is 0 Å². The summed E-state index contributed by atoms with van der Waals surface area (Å²) in [4.78, 5) is 14.2. The third-order valence-electron chi connectivity index (χ3n) is 3.45. The number of anilines is 1. The van der Waals surface area contributed by atoms with Crippen LogP contribution in [0.4, 0.5) is 5.69 Å². The van der Waals surface area contributed by atoms with E-state index in [0.717, 1.165) is 31.9 Å². The van der Waals surface area contributed by atoms with E-state index in [1.165, 1.54) is 11.1 Å². The Labute approximate surface area is 120 Å². The van der Waals surface area contributed by atoms with E-state index in [1.807, 2.05) is 12.1 Å². The molecule has 0 atom stereocenters. The van der Waals surface area contributed by atoms with Crippen molar-refractivity contribution in [1.29, 1.82) is 0 Å². The third kappa shape index (κ3) is 3.56. The largest absolute Gasteiger partial charge is 0.383 e. The van der Waals surface area contributed by atoms with Crippen molar-refractivity contribution in [3.63, 3.8) is 0 Å². The van der Waals surface area contributed by atoms with Gasteiger partial charge in [-0.1, -0.05) is 6.07 Å². The van der Waals surface area contributed by atoms with Crippen molar-refractivity contribution in [2.75, 3.05) is 25.6 Å². The van der Waals surface area contributed by atoms with Crippen LogP contribution in [0.25, 0.3) is 0 Å². The van der Waals surface area contributed by atoms with Gasteiger partial charge in [0.2, 0.25) is 5.91 Å². The van der Waals surface area contributed by atoms with E-state index in [2.05, 4.69) is 16.3 Å². The third-order valence-corrected chi connectivity index (χ3v) is 3.45. The number of hydrogen-bond acceptors (Lipinski definition) is 4.